The number of nitrogens with two attached hydrogens (primary N) is 1. The third-order valence-electron chi connectivity index (χ3n) is 7.98. The number of quaternary nitrogens is 1. The van der Waals surface area contributed by atoms with Crippen LogP contribution in [0.25, 0.3) is 11.3 Å². The highest BCUT2D eigenvalue weighted by atomic mass is 16.5. The Labute approximate surface area is 173 Å². The maximum absolute atomic E-state index is 11.6. The Kier molecular flexibility index (Phi) is 4.78. The molecule has 1 aromatic heterocycles. The third kappa shape index (κ3) is 3.52. The Balaban J connectivity index is 1.22. The summed E-state index contributed by atoms with van der Waals surface area (Å²) in [5.41, 5.74) is 2.10. The molecule has 4 fully saturated rings. The molecule has 4 heteroatoms. The van der Waals surface area contributed by atoms with Gasteiger partial charge in [0.2, 0.25) is 0 Å². The lowest BCUT2D eigenvalue weighted by molar-refractivity contribution is -0.718. The topological polar surface area (TPSA) is 56.0 Å². The average Bonchev–Trinajstić information content (AvgIpc) is 3.19. The zero-order valence-electron chi connectivity index (χ0n) is 17.5. The number of esters is 1. The van der Waals surface area contributed by atoms with Crippen molar-refractivity contribution in [1.29, 1.82) is 0 Å². The van der Waals surface area contributed by atoms with Crippen molar-refractivity contribution in [2.45, 2.75) is 58.0 Å². The van der Waals surface area contributed by atoms with Crippen LogP contribution < -0.4 is 5.32 Å². The molecule has 4 aliphatic carbocycles. The number of methoxy groups -OCH3 is 1. The van der Waals surface area contributed by atoms with Gasteiger partial charge in [0.25, 0.3) is 0 Å². The van der Waals surface area contributed by atoms with Crippen molar-refractivity contribution in [1.82, 2.24) is 0 Å². The van der Waals surface area contributed by atoms with E-state index in [4.69, 9.17) is 9.15 Å². The van der Waals surface area contributed by atoms with E-state index < -0.39 is 0 Å². The lowest BCUT2D eigenvalue weighted by Gasteiger charge is -2.57. The highest BCUT2D eigenvalue weighted by Gasteiger charge is 2.54. The molecule has 0 spiro atoms. The van der Waals surface area contributed by atoms with Gasteiger partial charge >= 0.3 is 5.97 Å². The minimum Gasteiger partial charge on any atom is -0.465 e. The van der Waals surface area contributed by atoms with Crippen molar-refractivity contribution in [2.24, 2.45) is 23.2 Å². The molecule has 4 aliphatic rings. The summed E-state index contributed by atoms with van der Waals surface area (Å²) in [5, 5.41) is 2.51. The smallest absolute Gasteiger partial charge is 0.337 e. The van der Waals surface area contributed by atoms with E-state index in [9.17, 15) is 4.79 Å². The van der Waals surface area contributed by atoms with E-state index in [1.807, 2.05) is 18.2 Å². The zero-order chi connectivity index (χ0) is 20.0. The van der Waals surface area contributed by atoms with Gasteiger partial charge in [-0.15, -0.1) is 0 Å². The molecule has 0 amide bonds. The first-order chi connectivity index (χ1) is 14.0. The highest BCUT2D eigenvalue weighted by Crippen LogP contribution is 2.60. The molecular formula is C25H32NO3+. The van der Waals surface area contributed by atoms with Crippen LogP contribution in [0.2, 0.25) is 0 Å². The van der Waals surface area contributed by atoms with Crippen LogP contribution in [0.4, 0.5) is 0 Å². The van der Waals surface area contributed by atoms with Crippen molar-refractivity contribution >= 4 is 5.97 Å². The van der Waals surface area contributed by atoms with Gasteiger partial charge in [-0.2, -0.15) is 0 Å². The van der Waals surface area contributed by atoms with E-state index in [0.29, 0.717) is 17.0 Å². The largest absolute Gasteiger partial charge is 0.465 e. The van der Waals surface area contributed by atoms with Crippen LogP contribution in [0.15, 0.2) is 40.8 Å². The van der Waals surface area contributed by atoms with E-state index in [1.165, 1.54) is 45.6 Å². The Morgan fingerprint density at radius 1 is 1.07 bits per heavy atom. The van der Waals surface area contributed by atoms with Crippen LogP contribution in [0.5, 0.6) is 0 Å². The molecule has 1 aromatic carbocycles. The molecule has 0 radical (unpaired) electrons. The maximum Gasteiger partial charge on any atom is 0.337 e. The van der Waals surface area contributed by atoms with Gasteiger partial charge in [0.1, 0.15) is 12.3 Å². The average molecular weight is 395 g/mol. The van der Waals surface area contributed by atoms with Crippen molar-refractivity contribution in [3.8, 4) is 11.3 Å². The molecule has 154 valence electrons. The lowest BCUT2D eigenvalue weighted by atomic mass is 9.48. The molecular weight excluding hydrogens is 362 g/mol. The predicted octanol–water partition coefficient (Wildman–Crippen LogP) is 4.40. The zero-order valence-corrected chi connectivity index (χ0v) is 17.5. The quantitative estimate of drug-likeness (QED) is 0.739. The van der Waals surface area contributed by atoms with E-state index in [-0.39, 0.29) is 5.97 Å². The van der Waals surface area contributed by atoms with Crippen molar-refractivity contribution < 1.29 is 19.3 Å². The number of carbonyl (C=O) groups is 1. The maximum atomic E-state index is 11.6. The Morgan fingerprint density at radius 3 is 2.28 bits per heavy atom. The van der Waals surface area contributed by atoms with E-state index in [1.54, 1.807) is 12.1 Å². The first kappa shape index (κ1) is 18.9. The first-order valence-corrected chi connectivity index (χ1v) is 11.2. The molecule has 0 aliphatic heterocycles. The number of ether oxygens (including phenoxy) is 1. The summed E-state index contributed by atoms with van der Waals surface area (Å²) >= 11 is 0. The van der Waals surface area contributed by atoms with Gasteiger partial charge in [-0.05, 0) is 87.5 Å². The Morgan fingerprint density at radius 2 is 1.69 bits per heavy atom. The molecule has 4 bridgehead atoms. The normalized spacial score (nSPS) is 31.0. The van der Waals surface area contributed by atoms with Gasteiger partial charge < -0.3 is 14.5 Å². The van der Waals surface area contributed by atoms with E-state index in [0.717, 1.165) is 41.4 Å². The number of hydrogen-bond acceptors (Lipinski definition) is 3. The van der Waals surface area contributed by atoms with Gasteiger partial charge in [0.15, 0.2) is 5.76 Å². The Bertz CT molecular complexity index is 846. The monoisotopic (exact) mass is 394 g/mol. The number of furan rings is 1. The van der Waals surface area contributed by atoms with Crippen LogP contribution in [0.3, 0.4) is 0 Å². The minimum absolute atomic E-state index is 0.315. The van der Waals surface area contributed by atoms with E-state index in [2.05, 4.69) is 18.3 Å². The summed E-state index contributed by atoms with van der Waals surface area (Å²) in [6.45, 7) is 3.34. The molecule has 6 rings (SSSR count). The van der Waals surface area contributed by atoms with Gasteiger partial charge in [-0.3, -0.25) is 0 Å². The Hall–Kier alpha value is -2.07. The minimum atomic E-state index is -0.315. The summed E-state index contributed by atoms with van der Waals surface area (Å²) in [7, 11) is 1.40. The second-order valence-electron chi connectivity index (χ2n) is 9.84. The predicted molar refractivity (Wildman–Crippen MR) is 111 cm³/mol. The van der Waals surface area contributed by atoms with Gasteiger partial charge in [-0.1, -0.05) is 12.1 Å². The summed E-state index contributed by atoms with van der Waals surface area (Å²) in [6, 6.07) is 12.2. The molecule has 2 aromatic rings. The number of rotatable bonds is 6. The van der Waals surface area contributed by atoms with Crippen molar-refractivity contribution in [3.05, 3.63) is 47.7 Å². The van der Waals surface area contributed by atoms with Crippen LogP contribution in [-0.2, 0) is 11.3 Å². The van der Waals surface area contributed by atoms with Crippen molar-refractivity contribution in [3.63, 3.8) is 0 Å². The third-order valence-corrected chi connectivity index (χ3v) is 7.98. The molecule has 2 N–H and O–H groups in total. The fraction of sp³-hybridized carbons (Fsp3) is 0.560. The summed E-state index contributed by atoms with van der Waals surface area (Å²) < 4.78 is 10.9. The molecule has 1 heterocycles. The summed E-state index contributed by atoms with van der Waals surface area (Å²) in [6.07, 6.45) is 8.86. The SMILES string of the molecule is COC(=O)c1ccc(-c2ccc(C[NH2+][C@@H](C)C34CC5CC(CC(C5)C3)C4)o2)cc1. The fourth-order valence-electron chi connectivity index (χ4n) is 6.81. The number of benzene rings is 1. The highest BCUT2D eigenvalue weighted by molar-refractivity contribution is 5.89. The van der Waals surface area contributed by atoms with Gasteiger partial charge in [0, 0.05) is 11.0 Å². The van der Waals surface area contributed by atoms with Crippen LogP contribution >= 0.6 is 0 Å². The summed E-state index contributed by atoms with van der Waals surface area (Å²) in [4.78, 5) is 11.6. The number of carbonyl (C=O) groups excluding carboxylic acids is 1. The van der Waals surface area contributed by atoms with Gasteiger partial charge in [-0.25, -0.2) is 4.79 Å². The molecule has 29 heavy (non-hydrogen) atoms. The van der Waals surface area contributed by atoms with Gasteiger partial charge in [0.05, 0.1) is 18.7 Å². The fourth-order valence-corrected chi connectivity index (χ4v) is 6.81. The molecule has 1 atom stereocenters. The second-order valence-corrected chi connectivity index (χ2v) is 9.84. The van der Waals surface area contributed by atoms with E-state index >= 15 is 0 Å². The first-order valence-electron chi connectivity index (χ1n) is 11.2. The summed E-state index contributed by atoms with van der Waals surface area (Å²) in [5.74, 6) is 4.56. The molecule has 4 nitrogen and oxygen atoms in total. The van der Waals surface area contributed by atoms with Crippen LogP contribution in [0.1, 0.15) is 61.6 Å². The molecule has 0 unspecified atom stereocenters. The number of hydrogen-bond donors (Lipinski definition) is 1. The van der Waals surface area contributed by atoms with Crippen LogP contribution in [-0.4, -0.2) is 19.1 Å². The standard InChI is InChI=1S/C25H31NO3/c1-16(25-12-17-9-18(13-25)11-19(10-17)14-25)26-15-22-7-8-23(29-22)20-3-5-21(6-4-20)24(27)28-2/h3-8,16-19,26H,9-15H2,1-2H3/p+1/t16-,17?,18?,19?,25?/m0/s1. The molecule has 0 saturated heterocycles. The second kappa shape index (κ2) is 7.32. The lowest BCUT2D eigenvalue weighted by Crippen LogP contribution is -2.91. The molecule has 4 saturated carbocycles. The van der Waals surface area contributed by atoms with Crippen molar-refractivity contribution in [2.75, 3.05) is 7.11 Å². The van der Waals surface area contributed by atoms with Crippen LogP contribution in [0, 0.1) is 23.2 Å².